The van der Waals surface area contributed by atoms with E-state index in [1.165, 1.54) is 5.56 Å². The van der Waals surface area contributed by atoms with E-state index in [2.05, 4.69) is 36.5 Å². The van der Waals surface area contributed by atoms with Crippen LogP contribution in [0.1, 0.15) is 37.8 Å². The highest BCUT2D eigenvalue weighted by molar-refractivity contribution is 5.76. The zero-order valence-electron chi connectivity index (χ0n) is 12.9. The van der Waals surface area contributed by atoms with Gasteiger partial charge in [0.15, 0.2) is 0 Å². The first-order valence-corrected chi connectivity index (χ1v) is 7.95. The molecule has 1 unspecified atom stereocenters. The van der Waals surface area contributed by atoms with Gasteiger partial charge in [-0.15, -0.1) is 0 Å². The molecule has 1 N–H and O–H groups in total. The number of morpholine rings is 1. The zero-order chi connectivity index (χ0) is 14.9. The van der Waals surface area contributed by atoms with Crippen LogP contribution in [0.4, 0.5) is 0 Å². The van der Waals surface area contributed by atoms with Crippen molar-refractivity contribution < 1.29 is 9.53 Å². The third-order valence-electron chi connectivity index (χ3n) is 3.87. The monoisotopic (exact) mass is 290 g/mol. The van der Waals surface area contributed by atoms with Gasteiger partial charge in [0.2, 0.25) is 5.91 Å². The summed E-state index contributed by atoms with van der Waals surface area (Å²) in [5.41, 5.74) is 1.30. The normalized spacial score (nSPS) is 16.7. The van der Waals surface area contributed by atoms with Gasteiger partial charge in [0.1, 0.15) is 0 Å². The number of hydrogen-bond donors (Lipinski definition) is 1. The molecule has 1 aromatic carbocycles. The average molecular weight is 290 g/mol. The Morgan fingerprint density at radius 2 is 2.00 bits per heavy atom. The Labute approximate surface area is 127 Å². The summed E-state index contributed by atoms with van der Waals surface area (Å²) >= 11 is 0. The predicted octanol–water partition coefficient (Wildman–Crippen LogP) is 2.37. The molecule has 21 heavy (non-hydrogen) atoms. The summed E-state index contributed by atoms with van der Waals surface area (Å²) in [5.74, 6) is 0.231. The number of carbonyl (C=O) groups is 1. The fourth-order valence-corrected chi connectivity index (χ4v) is 2.68. The van der Waals surface area contributed by atoms with Crippen LogP contribution in [0.3, 0.4) is 0 Å². The first-order valence-electron chi connectivity index (χ1n) is 7.95. The molecule has 0 aromatic heterocycles. The van der Waals surface area contributed by atoms with Crippen molar-refractivity contribution in [1.29, 1.82) is 0 Å². The molecule has 1 aromatic rings. The Hall–Kier alpha value is -1.39. The molecule has 0 bridgehead atoms. The maximum atomic E-state index is 12.1. The summed E-state index contributed by atoms with van der Waals surface area (Å²) in [6.07, 6.45) is 2.78. The molecule has 0 saturated carbocycles. The third-order valence-corrected chi connectivity index (χ3v) is 3.87. The fraction of sp³-hybridized carbons (Fsp3) is 0.588. The van der Waals surface area contributed by atoms with E-state index in [4.69, 9.17) is 4.74 Å². The van der Waals surface area contributed by atoms with Crippen molar-refractivity contribution in [3.8, 4) is 0 Å². The second-order valence-corrected chi connectivity index (χ2v) is 5.45. The number of nitrogens with one attached hydrogen (secondary N) is 1. The molecule has 1 fully saturated rings. The lowest BCUT2D eigenvalue weighted by atomic mass is 10.0. The smallest absolute Gasteiger partial charge is 0.224 e. The molecular formula is C17H26N2O2. The van der Waals surface area contributed by atoms with Gasteiger partial charge in [-0.1, -0.05) is 43.7 Å². The lowest BCUT2D eigenvalue weighted by Crippen LogP contribution is -2.41. The number of rotatable bonds is 7. The minimum absolute atomic E-state index is 0.231. The standard InChI is InChI=1S/C17H26N2O2/c1-2-6-16(15-7-4-3-5-8-15)18-10-9-17(20)19-11-13-21-14-12-19/h3-5,7-8,16,18H,2,6,9-14H2,1H3. The molecule has 116 valence electrons. The first-order chi connectivity index (χ1) is 10.3. The Kier molecular flexibility index (Phi) is 6.70. The van der Waals surface area contributed by atoms with E-state index in [-0.39, 0.29) is 5.91 Å². The lowest BCUT2D eigenvalue weighted by molar-refractivity contribution is -0.135. The van der Waals surface area contributed by atoms with Crippen molar-refractivity contribution in [2.24, 2.45) is 0 Å². The Morgan fingerprint density at radius 3 is 2.67 bits per heavy atom. The molecule has 1 atom stereocenters. The van der Waals surface area contributed by atoms with Gasteiger partial charge >= 0.3 is 0 Å². The van der Waals surface area contributed by atoms with Gasteiger partial charge in [-0.3, -0.25) is 4.79 Å². The van der Waals surface area contributed by atoms with E-state index in [0.29, 0.717) is 25.7 Å². The SMILES string of the molecule is CCCC(NCCC(=O)N1CCOCC1)c1ccccc1. The molecule has 1 amide bonds. The maximum Gasteiger partial charge on any atom is 0.224 e. The second kappa shape index (κ2) is 8.80. The molecule has 1 aliphatic heterocycles. The number of nitrogens with zero attached hydrogens (tertiary/aromatic N) is 1. The summed E-state index contributed by atoms with van der Waals surface area (Å²) < 4.78 is 5.27. The summed E-state index contributed by atoms with van der Waals surface area (Å²) in [6.45, 7) is 5.72. The molecule has 0 aliphatic carbocycles. The van der Waals surface area contributed by atoms with Gasteiger partial charge in [-0.2, -0.15) is 0 Å². The van der Waals surface area contributed by atoms with Gasteiger partial charge in [0, 0.05) is 32.1 Å². The van der Waals surface area contributed by atoms with Gasteiger partial charge in [-0.25, -0.2) is 0 Å². The maximum absolute atomic E-state index is 12.1. The highest BCUT2D eigenvalue weighted by Crippen LogP contribution is 2.17. The van der Waals surface area contributed by atoms with Crippen LogP contribution < -0.4 is 5.32 Å². The molecule has 4 heteroatoms. The molecule has 0 radical (unpaired) electrons. The van der Waals surface area contributed by atoms with Crippen LogP contribution >= 0.6 is 0 Å². The number of hydrogen-bond acceptors (Lipinski definition) is 3. The van der Waals surface area contributed by atoms with Crippen LogP contribution in [0.2, 0.25) is 0 Å². The van der Waals surface area contributed by atoms with Gasteiger partial charge < -0.3 is 15.0 Å². The van der Waals surface area contributed by atoms with Crippen molar-refractivity contribution in [2.75, 3.05) is 32.8 Å². The van der Waals surface area contributed by atoms with Gasteiger partial charge in [0.05, 0.1) is 13.2 Å². The average Bonchev–Trinajstić information content (AvgIpc) is 2.55. The number of ether oxygens (including phenoxy) is 1. The van der Waals surface area contributed by atoms with Crippen LogP contribution in [0.15, 0.2) is 30.3 Å². The molecule has 2 rings (SSSR count). The van der Waals surface area contributed by atoms with Crippen LogP contribution in [0.5, 0.6) is 0 Å². The first kappa shape index (κ1) is 16.0. The van der Waals surface area contributed by atoms with E-state index in [1.807, 2.05) is 11.0 Å². The topological polar surface area (TPSA) is 41.6 Å². The number of amides is 1. The third kappa shape index (κ3) is 5.14. The molecular weight excluding hydrogens is 264 g/mol. The second-order valence-electron chi connectivity index (χ2n) is 5.45. The predicted molar refractivity (Wildman–Crippen MR) is 84.1 cm³/mol. The van der Waals surface area contributed by atoms with E-state index in [9.17, 15) is 4.79 Å². The number of carbonyl (C=O) groups excluding carboxylic acids is 1. The summed E-state index contributed by atoms with van der Waals surface area (Å²) in [4.78, 5) is 14.0. The summed E-state index contributed by atoms with van der Waals surface area (Å²) in [6, 6.07) is 10.8. The lowest BCUT2D eigenvalue weighted by Gasteiger charge is -2.27. The van der Waals surface area contributed by atoms with Crippen molar-refractivity contribution in [3.63, 3.8) is 0 Å². The Morgan fingerprint density at radius 1 is 1.29 bits per heavy atom. The summed E-state index contributed by atoms with van der Waals surface area (Å²) in [5, 5.41) is 3.53. The summed E-state index contributed by atoms with van der Waals surface area (Å²) in [7, 11) is 0. The molecule has 4 nitrogen and oxygen atoms in total. The van der Waals surface area contributed by atoms with Gasteiger partial charge in [0.25, 0.3) is 0 Å². The molecule has 1 heterocycles. The van der Waals surface area contributed by atoms with Gasteiger partial charge in [-0.05, 0) is 12.0 Å². The number of benzene rings is 1. The van der Waals surface area contributed by atoms with E-state index in [0.717, 1.165) is 32.5 Å². The Balaban J connectivity index is 1.78. The highest BCUT2D eigenvalue weighted by Gasteiger charge is 2.17. The molecule has 0 spiro atoms. The van der Waals surface area contributed by atoms with Crippen LogP contribution in [-0.4, -0.2) is 43.7 Å². The fourth-order valence-electron chi connectivity index (χ4n) is 2.68. The van der Waals surface area contributed by atoms with Crippen molar-refractivity contribution in [1.82, 2.24) is 10.2 Å². The van der Waals surface area contributed by atoms with Crippen molar-refractivity contribution in [3.05, 3.63) is 35.9 Å². The zero-order valence-corrected chi connectivity index (χ0v) is 12.9. The Bertz CT molecular complexity index is 416. The minimum atomic E-state index is 0.231. The molecule has 1 aliphatic rings. The van der Waals surface area contributed by atoms with Crippen LogP contribution in [0.25, 0.3) is 0 Å². The van der Waals surface area contributed by atoms with Crippen molar-refractivity contribution >= 4 is 5.91 Å². The van der Waals surface area contributed by atoms with Crippen LogP contribution in [0, 0.1) is 0 Å². The molecule has 1 saturated heterocycles. The van der Waals surface area contributed by atoms with E-state index in [1.54, 1.807) is 0 Å². The highest BCUT2D eigenvalue weighted by atomic mass is 16.5. The van der Waals surface area contributed by atoms with E-state index >= 15 is 0 Å². The minimum Gasteiger partial charge on any atom is -0.378 e. The van der Waals surface area contributed by atoms with Crippen molar-refractivity contribution in [2.45, 2.75) is 32.2 Å². The van der Waals surface area contributed by atoms with E-state index < -0.39 is 0 Å². The largest absolute Gasteiger partial charge is 0.378 e. The van der Waals surface area contributed by atoms with Crippen LogP contribution in [-0.2, 0) is 9.53 Å². The quantitative estimate of drug-likeness (QED) is 0.838.